The second kappa shape index (κ2) is 9.13. The van der Waals surface area contributed by atoms with Crippen LogP contribution in [0.3, 0.4) is 0 Å². The fourth-order valence-electron chi connectivity index (χ4n) is 2.92. The summed E-state index contributed by atoms with van der Waals surface area (Å²) >= 11 is 5.95. The number of esters is 1. The number of fused-ring (bicyclic) bond motifs is 1. The molecule has 9 heteroatoms. The summed E-state index contributed by atoms with van der Waals surface area (Å²) in [5.74, 6) is -0.473. The van der Waals surface area contributed by atoms with E-state index in [0.717, 1.165) is 11.1 Å². The third kappa shape index (κ3) is 5.60. The van der Waals surface area contributed by atoms with Crippen molar-refractivity contribution in [3.8, 4) is 11.5 Å². The van der Waals surface area contributed by atoms with E-state index < -0.39 is 24.5 Å². The maximum atomic E-state index is 11.6. The zero-order valence-corrected chi connectivity index (χ0v) is 16.3. The lowest BCUT2D eigenvalue weighted by atomic mass is 10.1. The van der Waals surface area contributed by atoms with Gasteiger partial charge in [0, 0.05) is 17.6 Å². The minimum atomic E-state index is -1.72. The number of benzene rings is 2. The fourth-order valence-corrected chi connectivity index (χ4v) is 3.12. The first kappa shape index (κ1) is 20.9. The molecule has 0 aliphatic carbocycles. The van der Waals surface area contributed by atoms with Crippen LogP contribution in [-0.4, -0.2) is 41.2 Å². The first-order valence-corrected chi connectivity index (χ1v) is 9.27. The number of hydrogen-bond acceptors (Lipinski definition) is 7. The zero-order chi connectivity index (χ0) is 21.0. The Morgan fingerprint density at radius 3 is 2.69 bits per heavy atom. The Balaban J connectivity index is 1.53. The summed E-state index contributed by atoms with van der Waals surface area (Å²) in [5, 5.41) is 22.6. The van der Waals surface area contributed by atoms with Gasteiger partial charge in [-0.25, -0.2) is 9.59 Å². The summed E-state index contributed by atoms with van der Waals surface area (Å²) in [6.45, 7) is 2.33. The number of rotatable bonds is 7. The molecule has 0 aromatic heterocycles. The molecule has 1 aliphatic rings. The standard InChI is InChI=1S/C20H20ClNO7/c1-11(22-10-15(23)13-3-2-4-14(21)9-13)7-12-5-6-16-17(8-12)28-19(27-16)18(24)29-20(25)26/h2-6,8-9,11,15,19,22-23H,7,10H2,1H3,(H,25,26)/t11-,15+,19-/m1/s1. The molecule has 3 rings (SSSR count). The molecule has 1 aliphatic heterocycles. The summed E-state index contributed by atoms with van der Waals surface area (Å²) in [7, 11) is 0. The summed E-state index contributed by atoms with van der Waals surface area (Å²) in [4.78, 5) is 22.0. The second-order valence-corrected chi connectivity index (χ2v) is 7.06. The van der Waals surface area contributed by atoms with Crippen LogP contribution in [0.25, 0.3) is 0 Å². The minimum absolute atomic E-state index is 0.0389. The number of hydrogen-bond donors (Lipinski definition) is 3. The molecule has 0 amide bonds. The molecular weight excluding hydrogens is 402 g/mol. The van der Waals surface area contributed by atoms with Gasteiger partial charge in [0.1, 0.15) is 0 Å². The van der Waals surface area contributed by atoms with Crippen molar-refractivity contribution in [2.75, 3.05) is 6.54 Å². The van der Waals surface area contributed by atoms with Gasteiger partial charge in [0.25, 0.3) is 0 Å². The Morgan fingerprint density at radius 2 is 1.97 bits per heavy atom. The van der Waals surface area contributed by atoms with Gasteiger partial charge in [-0.05, 0) is 48.7 Å². The van der Waals surface area contributed by atoms with Crippen LogP contribution >= 0.6 is 11.6 Å². The Morgan fingerprint density at radius 1 is 1.21 bits per heavy atom. The Bertz CT molecular complexity index is 904. The van der Waals surface area contributed by atoms with E-state index in [0.29, 0.717) is 29.5 Å². The molecule has 8 nitrogen and oxygen atoms in total. The van der Waals surface area contributed by atoms with Gasteiger partial charge >= 0.3 is 18.4 Å². The Kier molecular flexibility index (Phi) is 6.58. The molecule has 0 fully saturated rings. The highest BCUT2D eigenvalue weighted by molar-refractivity contribution is 6.30. The third-order valence-corrected chi connectivity index (χ3v) is 4.53. The molecule has 3 N–H and O–H groups in total. The normalized spacial score (nSPS) is 16.9. The van der Waals surface area contributed by atoms with Gasteiger partial charge in [-0.3, -0.25) is 0 Å². The van der Waals surface area contributed by atoms with E-state index in [-0.39, 0.29) is 6.04 Å². The summed E-state index contributed by atoms with van der Waals surface area (Å²) < 4.78 is 14.6. The highest BCUT2D eigenvalue weighted by atomic mass is 35.5. The van der Waals surface area contributed by atoms with Crippen molar-refractivity contribution in [2.45, 2.75) is 31.8 Å². The quantitative estimate of drug-likeness (QED) is 0.462. The number of aliphatic hydroxyl groups excluding tert-OH is 1. The maximum Gasteiger partial charge on any atom is 0.513 e. The highest BCUT2D eigenvalue weighted by Gasteiger charge is 2.34. The molecule has 0 bridgehead atoms. The monoisotopic (exact) mass is 421 g/mol. The van der Waals surface area contributed by atoms with Crippen molar-refractivity contribution in [1.29, 1.82) is 0 Å². The molecule has 3 atom stereocenters. The molecule has 2 aromatic rings. The minimum Gasteiger partial charge on any atom is -0.449 e. The van der Waals surface area contributed by atoms with Gasteiger partial charge in [0.15, 0.2) is 11.5 Å². The maximum absolute atomic E-state index is 11.6. The molecule has 0 saturated heterocycles. The molecule has 0 spiro atoms. The predicted molar refractivity (Wildman–Crippen MR) is 103 cm³/mol. The SMILES string of the molecule is C[C@H](Cc1ccc2c(c1)O[C@H](C(=O)OC(=O)O)O2)NC[C@H](O)c1cccc(Cl)c1. The number of halogens is 1. The fraction of sp³-hybridized carbons (Fsp3) is 0.300. The molecule has 0 saturated carbocycles. The average molecular weight is 422 g/mol. The highest BCUT2D eigenvalue weighted by Crippen LogP contribution is 2.36. The van der Waals surface area contributed by atoms with E-state index in [1.807, 2.05) is 19.1 Å². The lowest BCUT2D eigenvalue weighted by molar-refractivity contribution is -0.156. The van der Waals surface area contributed by atoms with Gasteiger partial charge in [0.05, 0.1) is 6.10 Å². The van der Waals surface area contributed by atoms with Crippen molar-refractivity contribution in [3.63, 3.8) is 0 Å². The number of nitrogens with one attached hydrogen (secondary N) is 1. The number of aliphatic hydroxyl groups is 1. The molecule has 2 aromatic carbocycles. The van der Waals surface area contributed by atoms with Crippen LogP contribution in [0.4, 0.5) is 4.79 Å². The lowest BCUT2D eigenvalue weighted by Gasteiger charge is -2.18. The Labute approximate surface area is 172 Å². The summed E-state index contributed by atoms with van der Waals surface area (Å²) in [5.41, 5.74) is 1.65. The summed E-state index contributed by atoms with van der Waals surface area (Å²) in [6, 6.07) is 12.3. The first-order valence-electron chi connectivity index (χ1n) is 8.89. The predicted octanol–water partition coefficient (Wildman–Crippen LogP) is 2.91. The van der Waals surface area contributed by atoms with E-state index in [9.17, 15) is 14.7 Å². The molecule has 154 valence electrons. The first-order chi connectivity index (χ1) is 13.8. The number of carboxylic acid groups (broad SMARTS) is 1. The zero-order valence-electron chi connectivity index (χ0n) is 15.5. The van der Waals surface area contributed by atoms with Gasteiger partial charge in [-0.1, -0.05) is 29.8 Å². The van der Waals surface area contributed by atoms with E-state index in [1.54, 1.807) is 30.3 Å². The van der Waals surface area contributed by atoms with E-state index in [1.165, 1.54) is 0 Å². The van der Waals surface area contributed by atoms with Crippen LogP contribution in [0.1, 0.15) is 24.2 Å². The van der Waals surface area contributed by atoms with Gasteiger partial charge in [-0.2, -0.15) is 0 Å². The summed E-state index contributed by atoms with van der Waals surface area (Å²) in [6.07, 6.45) is -3.23. The van der Waals surface area contributed by atoms with Crippen molar-refractivity contribution >= 4 is 23.7 Å². The number of ether oxygens (including phenoxy) is 3. The largest absolute Gasteiger partial charge is 0.513 e. The molecule has 0 unspecified atom stereocenters. The third-order valence-electron chi connectivity index (χ3n) is 4.29. The topological polar surface area (TPSA) is 114 Å². The van der Waals surface area contributed by atoms with Crippen LogP contribution in [-0.2, 0) is 16.0 Å². The second-order valence-electron chi connectivity index (χ2n) is 6.62. The average Bonchev–Trinajstić information content (AvgIpc) is 3.09. The lowest BCUT2D eigenvalue weighted by Crippen LogP contribution is -2.32. The smallest absolute Gasteiger partial charge is 0.449 e. The van der Waals surface area contributed by atoms with E-state index in [2.05, 4.69) is 10.1 Å². The molecule has 1 heterocycles. The van der Waals surface area contributed by atoms with Gasteiger partial charge in [0.2, 0.25) is 0 Å². The van der Waals surface area contributed by atoms with Gasteiger partial charge in [-0.15, -0.1) is 0 Å². The van der Waals surface area contributed by atoms with Crippen LogP contribution < -0.4 is 14.8 Å². The van der Waals surface area contributed by atoms with Crippen LogP contribution in [0.2, 0.25) is 5.02 Å². The molecule has 0 radical (unpaired) electrons. The van der Waals surface area contributed by atoms with Crippen LogP contribution in [0, 0.1) is 0 Å². The molecule has 29 heavy (non-hydrogen) atoms. The van der Waals surface area contributed by atoms with Crippen LogP contribution in [0.15, 0.2) is 42.5 Å². The number of carbonyl (C=O) groups is 2. The van der Waals surface area contributed by atoms with Gasteiger partial charge < -0.3 is 29.7 Å². The number of carbonyl (C=O) groups excluding carboxylic acids is 1. The van der Waals surface area contributed by atoms with Crippen molar-refractivity contribution in [2.24, 2.45) is 0 Å². The van der Waals surface area contributed by atoms with E-state index in [4.69, 9.17) is 26.2 Å². The van der Waals surface area contributed by atoms with Crippen molar-refractivity contribution in [1.82, 2.24) is 5.32 Å². The van der Waals surface area contributed by atoms with Crippen molar-refractivity contribution in [3.05, 3.63) is 58.6 Å². The Hall–Kier alpha value is -2.81. The van der Waals surface area contributed by atoms with Crippen molar-refractivity contribution < 1.29 is 34.0 Å². The molecular formula is C20H20ClNO7. The van der Waals surface area contributed by atoms with E-state index >= 15 is 0 Å². The van der Waals surface area contributed by atoms with Crippen LogP contribution in [0.5, 0.6) is 11.5 Å².